The van der Waals surface area contributed by atoms with Crippen molar-refractivity contribution < 1.29 is 9.47 Å². The smallest absolute Gasteiger partial charge is 0.183 e. The molecule has 1 aromatic carbocycles. The summed E-state index contributed by atoms with van der Waals surface area (Å²) in [5.74, 6) is 0. The molecule has 0 fully saturated rings. The van der Waals surface area contributed by atoms with Gasteiger partial charge in [-0.1, -0.05) is 6.07 Å². The monoisotopic (exact) mass is 308 g/mol. The molecule has 0 atom stereocenters. The Hall–Kier alpha value is 0.1000. The molecule has 0 aliphatic heterocycles. The van der Waals surface area contributed by atoms with Crippen LogP contribution in [0.5, 0.6) is 0 Å². The minimum atomic E-state index is -0.301. The molecule has 0 unspecified atom stereocenters. The minimum absolute atomic E-state index is 0.301. The Bertz CT molecular complexity index is 285. The van der Waals surface area contributed by atoms with E-state index < -0.39 is 0 Å². The van der Waals surface area contributed by atoms with Crippen molar-refractivity contribution in [3.63, 3.8) is 0 Å². The molecular formula is C9H10Br2O2. The number of methoxy groups -OCH3 is 2. The Morgan fingerprint density at radius 2 is 1.69 bits per heavy atom. The average molecular weight is 310 g/mol. The van der Waals surface area contributed by atoms with E-state index in [1.54, 1.807) is 14.2 Å². The first-order chi connectivity index (χ1) is 6.19. The van der Waals surface area contributed by atoms with Crippen LogP contribution in [-0.2, 0) is 9.47 Å². The molecule has 4 heteroatoms. The van der Waals surface area contributed by atoms with Crippen molar-refractivity contribution >= 4 is 31.9 Å². The highest BCUT2D eigenvalue weighted by Gasteiger charge is 2.09. The minimum Gasteiger partial charge on any atom is -0.352 e. The highest BCUT2D eigenvalue weighted by atomic mass is 79.9. The second kappa shape index (κ2) is 5.10. The van der Waals surface area contributed by atoms with Crippen molar-refractivity contribution in [2.45, 2.75) is 6.29 Å². The van der Waals surface area contributed by atoms with Crippen molar-refractivity contribution in [2.24, 2.45) is 0 Å². The number of halogens is 2. The van der Waals surface area contributed by atoms with E-state index in [9.17, 15) is 0 Å². The molecule has 0 radical (unpaired) electrons. The lowest BCUT2D eigenvalue weighted by atomic mass is 10.2. The second-order valence-corrected chi connectivity index (χ2v) is 4.19. The quantitative estimate of drug-likeness (QED) is 0.796. The fourth-order valence-corrected chi connectivity index (χ4v) is 1.67. The Morgan fingerprint density at radius 3 is 2.15 bits per heavy atom. The van der Waals surface area contributed by atoms with Crippen molar-refractivity contribution in [1.82, 2.24) is 0 Å². The van der Waals surface area contributed by atoms with Crippen LogP contribution in [0.15, 0.2) is 27.1 Å². The van der Waals surface area contributed by atoms with Gasteiger partial charge in [-0.3, -0.25) is 0 Å². The molecule has 0 spiro atoms. The lowest BCUT2D eigenvalue weighted by molar-refractivity contribution is -0.106. The highest BCUT2D eigenvalue weighted by molar-refractivity contribution is 9.13. The molecule has 0 bridgehead atoms. The molecule has 0 aromatic heterocycles. The van der Waals surface area contributed by atoms with Crippen LogP contribution < -0.4 is 0 Å². The van der Waals surface area contributed by atoms with E-state index in [1.165, 1.54) is 0 Å². The van der Waals surface area contributed by atoms with Gasteiger partial charge in [0.25, 0.3) is 0 Å². The van der Waals surface area contributed by atoms with Crippen molar-refractivity contribution in [3.8, 4) is 0 Å². The van der Waals surface area contributed by atoms with Crippen LogP contribution in [0.25, 0.3) is 0 Å². The Balaban J connectivity index is 2.95. The summed E-state index contributed by atoms with van der Waals surface area (Å²) in [6.07, 6.45) is -0.301. The zero-order valence-corrected chi connectivity index (χ0v) is 10.6. The Labute approximate surface area is 94.5 Å². The molecule has 0 saturated carbocycles. The van der Waals surface area contributed by atoms with Gasteiger partial charge in [-0.2, -0.15) is 0 Å². The van der Waals surface area contributed by atoms with Crippen LogP contribution in [-0.4, -0.2) is 14.2 Å². The van der Waals surface area contributed by atoms with E-state index in [1.807, 2.05) is 18.2 Å². The van der Waals surface area contributed by atoms with Gasteiger partial charge in [0, 0.05) is 28.7 Å². The van der Waals surface area contributed by atoms with Crippen LogP contribution in [0, 0.1) is 0 Å². The van der Waals surface area contributed by atoms with Crippen LogP contribution in [0.1, 0.15) is 11.9 Å². The van der Waals surface area contributed by atoms with Crippen LogP contribution >= 0.6 is 31.9 Å². The molecule has 0 heterocycles. The maximum Gasteiger partial charge on any atom is 0.183 e. The SMILES string of the molecule is COC(OC)c1ccc(Br)c(Br)c1. The number of rotatable bonds is 3. The van der Waals surface area contributed by atoms with Gasteiger partial charge >= 0.3 is 0 Å². The summed E-state index contributed by atoms with van der Waals surface area (Å²) < 4.78 is 12.2. The van der Waals surface area contributed by atoms with E-state index in [2.05, 4.69) is 31.9 Å². The van der Waals surface area contributed by atoms with Crippen molar-refractivity contribution in [2.75, 3.05) is 14.2 Å². The van der Waals surface area contributed by atoms with Gasteiger partial charge in [0.1, 0.15) is 0 Å². The third-order valence-electron chi connectivity index (χ3n) is 1.64. The summed E-state index contributed by atoms with van der Waals surface area (Å²) >= 11 is 6.81. The van der Waals surface area contributed by atoms with Crippen LogP contribution in [0.2, 0.25) is 0 Å². The third kappa shape index (κ3) is 2.77. The van der Waals surface area contributed by atoms with E-state index in [4.69, 9.17) is 9.47 Å². The van der Waals surface area contributed by atoms with E-state index >= 15 is 0 Å². The van der Waals surface area contributed by atoms with Crippen molar-refractivity contribution in [1.29, 1.82) is 0 Å². The zero-order chi connectivity index (χ0) is 9.84. The van der Waals surface area contributed by atoms with Crippen LogP contribution in [0.4, 0.5) is 0 Å². The van der Waals surface area contributed by atoms with Crippen molar-refractivity contribution in [3.05, 3.63) is 32.7 Å². The fourth-order valence-electron chi connectivity index (χ4n) is 1.03. The molecule has 0 saturated heterocycles. The molecule has 0 aliphatic rings. The van der Waals surface area contributed by atoms with Gasteiger partial charge in [0.05, 0.1) is 0 Å². The zero-order valence-electron chi connectivity index (χ0n) is 7.38. The maximum absolute atomic E-state index is 5.12. The summed E-state index contributed by atoms with van der Waals surface area (Å²) in [6, 6.07) is 5.86. The third-order valence-corrected chi connectivity index (χ3v) is 3.52. The Morgan fingerprint density at radius 1 is 1.08 bits per heavy atom. The first kappa shape index (κ1) is 11.2. The first-order valence-corrected chi connectivity index (χ1v) is 5.28. The highest BCUT2D eigenvalue weighted by Crippen LogP contribution is 2.27. The number of ether oxygens (including phenoxy) is 2. The molecule has 1 aromatic rings. The summed E-state index contributed by atoms with van der Waals surface area (Å²) in [4.78, 5) is 0. The van der Waals surface area contributed by atoms with Gasteiger partial charge in [-0.15, -0.1) is 0 Å². The largest absolute Gasteiger partial charge is 0.352 e. The molecule has 0 N–H and O–H groups in total. The molecule has 0 amide bonds. The van der Waals surface area contributed by atoms with Gasteiger partial charge in [0.15, 0.2) is 6.29 Å². The Kier molecular flexibility index (Phi) is 4.38. The van der Waals surface area contributed by atoms with Gasteiger partial charge in [-0.05, 0) is 44.0 Å². The van der Waals surface area contributed by atoms with E-state index in [0.29, 0.717) is 0 Å². The van der Waals surface area contributed by atoms with Gasteiger partial charge in [0.2, 0.25) is 0 Å². The maximum atomic E-state index is 5.12. The molecule has 13 heavy (non-hydrogen) atoms. The van der Waals surface area contributed by atoms with E-state index in [-0.39, 0.29) is 6.29 Å². The summed E-state index contributed by atoms with van der Waals surface area (Å²) in [5, 5.41) is 0. The fraction of sp³-hybridized carbons (Fsp3) is 0.333. The normalized spacial score (nSPS) is 10.8. The molecular weight excluding hydrogens is 300 g/mol. The topological polar surface area (TPSA) is 18.5 Å². The predicted molar refractivity (Wildman–Crippen MR) is 58.6 cm³/mol. The summed E-state index contributed by atoms with van der Waals surface area (Å²) in [7, 11) is 3.23. The standard InChI is InChI=1S/C9H10Br2O2/c1-12-9(13-2)6-3-4-7(10)8(11)5-6/h3-5,9H,1-2H3. The summed E-state index contributed by atoms with van der Waals surface area (Å²) in [5.41, 5.74) is 0.986. The molecule has 72 valence electrons. The predicted octanol–water partition coefficient (Wildman–Crippen LogP) is 3.50. The molecule has 2 nitrogen and oxygen atoms in total. The number of hydrogen-bond donors (Lipinski definition) is 0. The van der Waals surface area contributed by atoms with Gasteiger partial charge < -0.3 is 9.47 Å². The molecule has 1 rings (SSSR count). The lowest BCUT2D eigenvalue weighted by Crippen LogP contribution is -2.03. The lowest BCUT2D eigenvalue weighted by Gasteiger charge is -2.13. The number of hydrogen-bond acceptors (Lipinski definition) is 2. The second-order valence-electron chi connectivity index (χ2n) is 2.48. The van der Waals surface area contributed by atoms with E-state index in [0.717, 1.165) is 14.5 Å². The van der Waals surface area contributed by atoms with Gasteiger partial charge in [-0.25, -0.2) is 0 Å². The average Bonchev–Trinajstić information content (AvgIpc) is 2.13. The van der Waals surface area contributed by atoms with Crippen LogP contribution in [0.3, 0.4) is 0 Å². The number of benzene rings is 1. The summed E-state index contributed by atoms with van der Waals surface area (Å²) in [6.45, 7) is 0. The molecule has 0 aliphatic carbocycles. The first-order valence-electron chi connectivity index (χ1n) is 3.69.